The maximum atomic E-state index is 14.5. The summed E-state index contributed by atoms with van der Waals surface area (Å²) in [6.07, 6.45) is 5.70. The van der Waals surface area contributed by atoms with Crippen molar-refractivity contribution < 1.29 is 9.18 Å². The number of allylic oxidation sites excluding steroid dienone is 4. The SMILES string of the molecule is C/C=C\C=C(/C)NC(=O)N1CCN(c2cccc(-c3cccc(C)c3F)c2)CC1. The topological polar surface area (TPSA) is 35.6 Å². The number of nitrogens with zero attached hydrogens (tertiary/aromatic N) is 2. The van der Waals surface area contributed by atoms with E-state index in [0.717, 1.165) is 30.0 Å². The summed E-state index contributed by atoms with van der Waals surface area (Å²) in [6.45, 7) is 8.37. The first-order chi connectivity index (χ1) is 14.0. The number of nitrogens with one attached hydrogen (secondary N) is 1. The number of urea groups is 1. The molecule has 0 aliphatic carbocycles. The van der Waals surface area contributed by atoms with Crippen LogP contribution in [0.3, 0.4) is 0 Å². The van der Waals surface area contributed by atoms with Crippen LogP contribution >= 0.6 is 0 Å². The molecule has 0 saturated carbocycles. The quantitative estimate of drug-likeness (QED) is 0.733. The molecule has 2 aromatic rings. The van der Waals surface area contributed by atoms with Crippen LogP contribution in [0.25, 0.3) is 11.1 Å². The van der Waals surface area contributed by atoms with E-state index >= 15 is 0 Å². The normalized spacial score (nSPS) is 15.1. The molecular formula is C24H28FN3O. The Bertz CT molecular complexity index is 927. The van der Waals surface area contributed by atoms with Gasteiger partial charge in [-0.2, -0.15) is 0 Å². The van der Waals surface area contributed by atoms with Crippen molar-refractivity contribution in [2.75, 3.05) is 31.1 Å². The van der Waals surface area contributed by atoms with Gasteiger partial charge in [0, 0.05) is 43.1 Å². The van der Waals surface area contributed by atoms with Gasteiger partial charge in [-0.15, -0.1) is 0 Å². The highest BCUT2D eigenvalue weighted by Crippen LogP contribution is 2.28. The van der Waals surface area contributed by atoms with Gasteiger partial charge in [-0.05, 0) is 50.1 Å². The highest BCUT2D eigenvalue weighted by Gasteiger charge is 2.21. The number of benzene rings is 2. The fraction of sp³-hybridized carbons (Fsp3) is 0.292. The molecule has 0 radical (unpaired) electrons. The van der Waals surface area contributed by atoms with Gasteiger partial charge in [0.2, 0.25) is 0 Å². The average molecular weight is 394 g/mol. The van der Waals surface area contributed by atoms with Crippen molar-refractivity contribution in [1.29, 1.82) is 0 Å². The number of rotatable bonds is 4. The van der Waals surface area contributed by atoms with Crippen LogP contribution in [0, 0.1) is 12.7 Å². The molecule has 0 unspecified atom stereocenters. The van der Waals surface area contributed by atoms with Crippen molar-refractivity contribution in [3.05, 3.63) is 77.8 Å². The summed E-state index contributed by atoms with van der Waals surface area (Å²) in [5.74, 6) is -0.174. The lowest BCUT2D eigenvalue weighted by Crippen LogP contribution is -2.51. The van der Waals surface area contributed by atoms with Gasteiger partial charge < -0.3 is 15.1 Å². The zero-order chi connectivity index (χ0) is 20.8. The second-order valence-electron chi connectivity index (χ2n) is 7.27. The molecule has 1 saturated heterocycles. The van der Waals surface area contributed by atoms with E-state index in [1.54, 1.807) is 13.0 Å². The van der Waals surface area contributed by atoms with Crippen molar-refractivity contribution >= 4 is 11.7 Å². The maximum Gasteiger partial charge on any atom is 0.321 e. The predicted octanol–water partition coefficient (Wildman–Crippen LogP) is 5.11. The van der Waals surface area contributed by atoms with Crippen LogP contribution in [-0.4, -0.2) is 37.1 Å². The Hall–Kier alpha value is -3.08. The van der Waals surface area contributed by atoms with Crippen molar-refractivity contribution in [2.24, 2.45) is 0 Å². The summed E-state index contributed by atoms with van der Waals surface area (Å²) in [5.41, 5.74) is 4.00. The fourth-order valence-electron chi connectivity index (χ4n) is 3.44. The standard InChI is InChI=1S/C24H28FN3O/c1-4-5-9-19(3)26-24(29)28-15-13-27(14-16-28)21-11-7-10-20(17-21)22-12-6-8-18(2)23(22)25/h4-12,17H,13-16H2,1-3H3,(H,26,29)/b5-4-,19-9+. The third kappa shape index (κ3) is 5.05. The first kappa shape index (κ1) is 20.6. The zero-order valence-electron chi connectivity index (χ0n) is 17.3. The number of hydrogen-bond donors (Lipinski definition) is 1. The summed E-state index contributed by atoms with van der Waals surface area (Å²) in [5, 5.41) is 2.92. The van der Waals surface area contributed by atoms with E-state index < -0.39 is 0 Å². The van der Waals surface area contributed by atoms with Crippen molar-refractivity contribution in [1.82, 2.24) is 10.2 Å². The third-order valence-corrected chi connectivity index (χ3v) is 5.12. The number of halogens is 1. The largest absolute Gasteiger partial charge is 0.368 e. The summed E-state index contributed by atoms with van der Waals surface area (Å²) in [6, 6.07) is 13.4. The molecule has 152 valence electrons. The number of amides is 2. The molecule has 1 N–H and O–H groups in total. The molecule has 29 heavy (non-hydrogen) atoms. The monoisotopic (exact) mass is 393 g/mol. The molecule has 1 aliphatic heterocycles. The van der Waals surface area contributed by atoms with Crippen molar-refractivity contribution in [3.8, 4) is 11.1 Å². The van der Waals surface area contributed by atoms with Gasteiger partial charge >= 0.3 is 6.03 Å². The van der Waals surface area contributed by atoms with Crippen LogP contribution in [0.4, 0.5) is 14.9 Å². The first-order valence-corrected chi connectivity index (χ1v) is 9.95. The lowest BCUT2D eigenvalue weighted by Gasteiger charge is -2.36. The number of carbonyl (C=O) groups is 1. The lowest BCUT2D eigenvalue weighted by atomic mass is 10.0. The smallest absolute Gasteiger partial charge is 0.321 e. The van der Waals surface area contributed by atoms with Gasteiger partial charge in [-0.25, -0.2) is 9.18 Å². The Balaban J connectivity index is 1.66. The molecule has 1 aliphatic rings. The zero-order valence-corrected chi connectivity index (χ0v) is 17.3. The number of hydrogen-bond acceptors (Lipinski definition) is 2. The van der Waals surface area contributed by atoms with Crippen LogP contribution in [0.1, 0.15) is 19.4 Å². The molecule has 1 heterocycles. The van der Waals surface area contributed by atoms with E-state index in [4.69, 9.17) is 0 Å². The van der Waals surface area contributed by atoms with Gasteiger partial charge in [0.1, 0.15) is 5.82 Å². The maximum absolute atomic E-state index is 14.5. The van der Waals surface area contributed by atoms with E-state index in [0.29, 0.717) is 24.2 Å². The van der Waals surface area contributed by atoms with E-state index in [2.05, 4.69) is 10.2 Å². The minimum Gasteiger partial charge on any atom is -0.368 e. The summed E-state index contributed by atoms with van der Waals surface area (Å²) < 4.78 is 14.5. The van der Waals surface area contributed by atoms with Crippen molar-refractivity contribution in [2.45, 2.75) is 20.8 Å². The number of aryl methyl sites for hydroxylation is 1. The highest BCUT2D eigenvalue weighted by molar-refractivity contribution is 5.76. The molecule has 4 nitrogen and oxygen atoms in total. The van der Waals surface area contributed by atoms with Crippen LogP contribution in [0.2, 0.25) is 0 Å². The minimum atomic E-state index is -0.174. The second kappa shape index (κ2) is 9.41. The third-order valence-electron chi connectivity index (χ3n) is 5.12. The Morgan fingerprint density at radius 2 is 1.83 bits per heavy atom. The molecule has 2 amide bonds. The molecule has 1 fully saturated rings. The Morgan fingerprint density at radius 1 is 1.10 bits per heavy atom. The van der Waals surface area contributed by atoms with Gasteiger partial charge in [-0.1, -0.05) is 42.5 Å². The average Bonchev–Trinajstić information content (AvgIpc) is 2.74. The molecule has 3 rings (SSSR count). The predicted molar refractivity (Wildman–Crippen MR) is 117 cm³/mol. The second-order valence-corrected chi connectivity index (χ2v) is 7.27. The van der Waals surface area contributed by atoms with Gasteiger partial charge in [0.05, 0.1) is 0 Å². The van der Waals surface area contributed by atoms with Crippen LogP contribution in [0.15, 0.2) is 66.4 Å². The Morgan fingerprint density at radius 3 is 2.55 bits per heavy atom. The first-order valence-electron chi connectivity index (χ1n) is 9.95. The highest BCUT2D eigenvalue weighted by atomic mass is 19.1. The number of piperazine rings is 1. The minimum absolute atomic E-state index is 0.0708. The molecule has 2 aromatic carbocycles. The molecule has 5 heteroatoms. The summed E-state index contributed by atoms with van der Waals surface area (Å²) in [7, 11) is 0. The van der Waals surface area contributed by atoms with Crippen molar-refractivity contribution in [3.63, 3.8) is 0 Å². The molecule has 0 spiro atoms. The van der Waals surface area contributed by atoms with E-state index in [1.807, 2.05) is 73.4 Å². The lowest BCUT2D eigenvalue weighted by molar-refractivity contribution is 0.197. The van der Waals surface area contributed by atoms with Gasteiger partial charge in [-0.3, -0.25) is 0 Å². The number of anilines is 1. The van der Waals surface area contributed by atoms with Crippen LogP contribution in [0.5, 0.6) is 0 Å². The van der Waals surface area contributed by atoms with Gasteiger partial charge in [0.15, 0.2) is 0 Å². The molecule has 0 aromatic heterocycles. The van der Waals surface area contributed by atoms with Crippen LogP contribution < -0.4 is 10.2 Å². The summed E-state index contributed by atoms with van der Waals surface area (Å²) >= 11 is 0. The van der Waals surface area contributed by atoms with E-state index in [9.17, 15) is 9.18 Å². The summed E-state index contributed by atoms with van der Waals surface area (Å²) in [4.78, 5) is 16.5. The van der Waals surface area contributed by atoms with Crippen LogP contribution in [-0.2, 0) is 0 Å². The molecule has 0 atom stereocenters. The Kier molecular flexibility index (Phi) is 6.70. The van der Waals surface area contributed by atoms with Gasteiger partial charge in [0.25, 0.3) is 0 Å². The number of carbonyl (C=O) groups excluding carboxylic acids is 1. The van der Waals surface area contributed by atoms with E-state index in [1.165, 1.54) is 0 Å². The Labute approximate surface area is 172 Å². The molecular weight excluding hydrogens is 365 g/mol. The molecule has 0 bridgehead atoms. The van der Waals surface area contributed by atoms with E-state index in [-0.39, 0.29) is 11.8 Å². The fourth-order valence-corrected chi connectivity index (χ4v) is 3.44.